The number of H-pyrrole nitrogens is 1. The highest BCUT2D eigenvalue weighted by Gasteiger charge is 2.01. The van der Waals surface area contributed by atoms with Gasteiger partial charge in [-0.25, -0.2) is 0 Å². The van der Waals surface area contributed by atoms with E-state index in [9.17, 15) is 0 Å². The summed E-state index contributed by atoms with van der Waals surface area (Å²) in [6, 6.07) is 11.8. The second-order valence-electron chi connectivity index (χ2n) is 2.98. The lowest BCUT2D eigenvalue weighted by atomic mass is 10.1. The third-order valence-electron chi connectivity index (χ3n) is 1.97. The van der Waals surface area contributed by atoms with Crippen LogP contribution in [-0.4, -0.2) is 15.4 Å². The first-order valence-corrected chi connectivity index (χ1v) is 4.37. The largest absolute Gasteiger partial charge is 0.316 e. The van der Waals surface area contributed by atoms with Crippen LogP contribution < -0.4 is 5.48 Å². The monoisotopic (exact) mass is 189 g/mol. The van der Waals surface area contributed by atoms with E-state index in [1.807, 2.05) is 36.4 Å². The minimum atomic E-state index is 0.375. The molecular formula is C10H11N3O. The zero-order chi connectivity index (χ0) is 9.80. The molecule has 14 heavy (non-hydrogen) atoms. The van der Waals surface area contributed by atoms with Crippen LogP contribution in [0.4, 0.5) is 0 Å². The summed E-state index contributed by atoms with van der Waals surface area (Å²) in [6.45, 7) is 0.375. The molecule has 4 heteroatoms. The SMILES string of the molecule is ONCc1cc(-c2ccccc2)n[nH]1. The third-order valence-corrected chi connectivity index (χ3v) is 1.97. The molecule has 0 unspecified atom stereocenters. The minimum absolute atomic E-state index is 0.375. The van der Waals surface area contributed by atoms with Gasteiger partial charge in [0.05, 0.1) is 17.9 Å². The second kappa shape index (κ2) is 4.04. The minimum Gasteiger partial charge on any atom is -0.316 e. The van der Waals surface area contributed by atoms with Crippen LogP contribution in [0.5, 0.6) is 0 Å². The van der Waals surface area contributed by atoms with Crippen LogP contribution >= 0.6 is 0 Å². The lowest BCUT2D eigenvalue weighted by molar-refractivity contribution is 0.160. The summed E-state index contributed by atoms with van der Waals surface area (Å²) < 4.78 is 0. The Balaban J connectivity index is 2.25. The molecule has 72 valence electrons. The van der Waals surface area contributed by atoms with Gasteiger partial charge in [-0.2, -0.15) is 10.6 Å². The fourth-order valence-electron chi connectivity index (χ4n) is 1.29. The standard InChI is InChI=1S/C10H11N3O/c14-11-7-9-6-10(13-12-9)8-4-2-1-3-5-8/h1-6,11,14H,7H2,(H,12,13). The van der Waals surface area contributed by atoms with Gasteiger partial charge in [-0.15, -0.1) is 0 Å². The van der Waals surface area contributed by atoms with Crippen LogP contribution in [0.25, 0.3) is 11.3 Å². The normalized spacial score (nSPS) is 10.4. The fourth-order valence-corrected chi connectivity index (χ4v) is 1.29. The Hall–Kier alpha value is -1.65. The molecule has 2 rings (SSSR count). The molecule has 0 saturated carbocycles. The van der Waals surface area contributed by atoms with Gasteiger partial charge in [-0.3, -0.25) is 5.10 Å². The summed E-state index contributed by atoms with van der Waals surface area (Å²) >= 11 is 0. The average Bonchev–Trinajstić information content (AvgIpc) is 2.68. The third kappa shape index (κ3) is 1.81. The van der Waals surface area contributed by atoms with Gasteiger partial charge in [0.15, 0.2) is 0 Å². The van der Waals surface area contributed by atoms with Crippen molar-refractivity contribution in [2.45, 2.75) is 6.54 Å². The Morgan fingerprint density at radius 1 is 1.29 bits per heavy atom. The van der Waals surface area contributed by atoms with E-state index >= 15 is 0 Å². The molecule has 0 aliphatic rings. The topological polar surface area (TPSA) is 60.9 Å². The Morgan fingerprint density at radius 2 is 2.07 bits per heavy atom. The van der Waals surface area contributed by atoms with E-state index in [-0.39, 0.29) is 0 Å². The molecule has 1 aromatic carbocycles. The number of nitrogens with one attached hydrogen (secondary N) is 2. The number of nitrogens with zero attached hydrogens (tertiary/aromatic N) is 1. The number of hydrogen-bond donors (Lipinski definition) is 3. The van der Waals surface area contributed by atoms with E-state index in [0.717, 1.165) is 17.0 Å². The highest BCUT2D eigenvalue weighted by Crippen LogP contribution is 2.16. The molecular weight excluding hydrogens is 178 g/mol. The zero-order valence-corrected chi connectivity index (χ0v) is 7.57. The van der Waals surface area contributed by atoms with E-state index < -0.39 is 0 Å². The molecule has 0 fully saturated rings. The van der Waals surface area contributed by atoms with E-state index in [2.05, 4.69) is 15.7 Å². The lowest BCUT2D eigenvalue weighted by Crippen LogP contribution is -2.05. The lowest BCUT2D eigenvalue weighted by Gasteiger charge is -1.92. The first kappa shape index (κ1) is 8.93. The quantitative estimate of drug-likeness (QED) is 0.642. The van der Waals surface area contributed by atoms with Crippen molar-refractivity contribution >= 4 is 0 Å². The van der Waals surface area contributed by atoms with E-state index in [1.165, 1.54) is 0 Å². The van der Waals surface area contributed by atoms with Gasteiger partial charge in [0.1, 0.15) is 0 Å². The van der Waals surface area contributed by atoms with Gasteiger partial charge in [-0.05, 0) is 6.07 Å². The maximum absolute atomic E-state index is 8.50. The summed E-state index contributed by atoms with van der Waals surface area (Å²) in [5.74, 6) is 0. The molecule has 4 nitrogen and oxygen atoms in total. The molecule has 0 aliphatic carbocycles. The van der Waals surface area contributed by atoms with Gasteiger partial charge in [-0.1, -0.05) is 30.3 Å². The Morgan fingerprint density at radius 3 is 2.79 bits per heavy atom. The van der Waals surface area contributed by atoms with E-state index in [0.29, 0.717) is 6.54 Å². The average molecular weight is 189 g/mol. The molecule has 0 aliphatic heterocycles. The summed E-state index contributed by atoms with van der Waals surface area (Å²) in [6.07, 6.45) is 0. The van der Waals surface area contributed by atoms with Crippen molar-refractivity contribution in [3.05, 3.63) is 42.1 Å². The smallest absolute Gasteiger partial charge is 0.0924 e. The van der Waals surface area contributed by atoms with Gasteiger partial charge in [0.2, 0.25) is 0 Å². The van der Waals surface area contributed by atoms with Crippen LogP contribution in [0.1, 0.15) is 5.69 Å². The summed E-state index contributed by atoms with van der Waals surface area (Å²) in [5, 5.41) is 15.5. The van der Waals surface area contributed by atoms with Crippen LogP contribution in [0, 0.1) is 0 Å². The predicted molar refractivity (Wildman–Crippen MR) is 52.6 cm³/mol. The van der Waals surface area contributed by atoms with Crippen LogP contribution in [0.3, 0.4) is 0 Å². The molecule has 1 aromatic heterocycles. The van der Waals surface area contributed by atoms with Crippen LogP contribution in [-0.2, 0) is 6.54 Å². The van der Waals surface area contributed by atoms with Gasteiger partial charge < -0.3 is 5.21 Å². The Kier molecular flexibility index (Phi) is 2.58. The van der Waals surface area contributed by atoms with Crippen molar-refractivity contribution in [2.24, 2.45) is 0 Å². The van der Waals surface area contributed by atoms with Crippen molar-refractivity contribution in [3.63, 3.8) is 0 Å². The van der Waals surface area contributed by atoms with Gasteiger partial charge in [0.25, 0.3) is 0 Å². The molecule has 0 spiro atoms. The number of aromatic amines is 1. The summed E-state index contributed by atoms with van der Waals surface area (Å²) in [7, 11) is 0. The van der Waals surface area contributed by atoms with Crippen LogP contribution in [0.15, 0.2) is 36.4 Å². The van der Waals surface area contributed by atoms with Crippen molar-refractivity contribution in [1.29, 1.82) is 0 Å². The molecule has 0 saturated heterocycles. The fraction of sp³-hybridized carbons (Fsp3) is 0.100. The molecule has 0 amide bonds. The maximum Gasteiger partial charge on any atom is 0.0924 e. The van der Waals surface area contributed by atoms with Crippen molar-refractivity contribution < 1.29 is 5.21 Å². The Bertz CT molecular complexity index is 397. The highest BCUT2D eigenvalue weighted by atomic mass is 16.5. The number of hydroxylamine groups is 1. The Labute approximate surface area is 81.5 Å². The zero-order valence-electron chi connectivity index (χ0n) is 7.57. The summed E-state index contributed by atoms with van der Waals surface area (Å²) in [5.41, 5.74) is 4.88. The van der Waals surface area contributed by atoms with Crippen molar-refractivity contribution in [2.75, 3.05) is 0 Å². The molecule has 0 radical (unpaired) electrons. The first-order valence-electron chi connectivity index (χ1n) is 4.37. The summed E-state index contributed by atoms with van der Waals surface area (Å²) in [4.78, 5) is 0. The second-order valence-corrected chi connectivity index (χ2v) is 2.98. The maximum atomic E-state index is 8.50. The number of aromatic nitrogens is 2. The molecule has 2 aromatic rings. The molecule has 3 N–H and O–H groups in total. The number of rotatable bonds is 3. The first-order chi connectivity index (χ1) is 6.90. The van der Waals surface area contributed by atoms with E-state index in [4.69, 9.17) is 5.21 Å². The number of hydrogen-bond acceptors (Lipinski definition) is 3. The van der Waals surface area contributed by atoms with Gasteiger partial charge in [0, 0.05) is 5.56 Å². The van der Waals surface area contributed by atoms with Gasteiger partial charge >= 0.3 is 0 Å². The molecule has 0 atom stereocenters. The molecule has 0 bridgehead atoms. The van der Waals surface area contributed by atoms with Crippen molar-refractivity contribution in [3.8, 4) is 11.3 Å². The highest BCUT2D eigenvalue weighted by molar-refractivity contribution is 5.58. The number of benzene rings is 1. The predicted octanol–water partition coefficient (Wildman–Crippen LogP) is 1.56. The van der Waals surface area contributed by atoms with E-state index in [1.54, 1.807) is 0 Å². The van der Waals surface area contributed by atoms with Crippen molar-refractivity contribution in [1.82, 2.24) is 15.7 Å². The molecule has 1 heterocycles. The van der Waals surface area contributed by atoms with Crippen LogP contribution in [0.2, 0.25) is 0 Å².